The van der Waals surface area contributed by atoms with E-state index in [1.54, 1.807) is 12.5 Å². The number of aromatic nitrogens is 2. The van der Waals surface area contributed by atoms with Crippen LogP contribution in [0.3, 0.4) is 0 Å². The Hall–Kier alpha value is -2.14. The molecule has 2 rings (SSSR count). The molecule has 0 aliphatic rings. The van der Waals surface area contributed by atoms with E-state index in [0.29, 0.717) is 13.0 Å². The smallest absolute Gasteiger partial charge is 0.225 e. The van der Waals surface area contributed by atoms with Crippen LogP contribution < -0.4 is 10.6 Å². The first-order valence-electron chi connectivity index (χ1n) is 6.39. The molecule has 2 N–H and O–H groups in total. The van der Waals surface area contributed by atoms with Crippen molar-refractivity contribution in [1.82, 2.24) is 14.9 Å². The Morgan fingerprint density at radius 1 is 1.37 bits per heavy atom. The minimum absolute atomic E-state index is 0.00788. The predicted molar refractivity (Wildman–Crippen MR) is 75.4 cm³/mol. The highest BCUT2D eigenvalue weighted by atomic mass is 16.1. The number of para-hydroxylation sites is 2. The first-order valence-corrected chi connectivity index (χ1v) is 6.39. The normalized spacial score (nSPS) is 10.4. The van der Waals surface area contributed by atoms with Crippen LogP contribution in [0.15, 0.2) is 43.0 Å². The highest BCUT2D eigenvalue weighted by Gasteiger charge is 2.07. The van der Waals surface area contributed by atoms with Gasteiger partial charge in [-0.1, -0.05) is 19.1 Å². The van der Waals surface area contributed by atoms with Gasteiger partial charge in [0, 0.05) is 25.4 Å². The molecule has 0 radical (unpaired) electrons. The highest BCUT2D eigenvalue weighted by molar-refractivity contribution is 5.92. The minimum atomic E-state index is 0.00788. The maximum atomic E-state index is 11.8. The molecule has 0 atom stereocenters. The van der Waals surface area contributed by atoms with Crippen molar-refractivity contribution >= 4 is 11.6 Å². The van der Waals surface area contributed by atoms with Crippen LogP contribution in [0.1, 0.15) is 13.3 Å². The third-order valence-electron chi connectivity index (χ3n) is 2.74. The van der Waals surface area contributed by atoms with Crippen LogP contribution in [-0.4, -0.2) is 28.5 Å². The summed E-state index contributed by atoms with van der Waals surface area (Å²) in [7, 11) is 0. The van der Waals surface area contributed by atoms with Gasteiger partial charge in [0.15, 0.2) is 0 Å². The summed E-state index contributed by atoms with van der Waals surface area (Å²) in [4.78, 5) is 15.9. The Morgan fingerprint density at radius 2 is 2.21 bits per heavy atom. The number of benzene rings is 1. The molecule has 0 spiro atoms. The number of amides is 1. The van der Waals surface area contributed by atoms with Gasteiger partial charge in [-0.15, -0.1) is 0 Å². The van der Waals surface area contributed by atoms with E-state index in [2.05, 4.69) is 15.6 Å². The summed E-state index contributed by atoms with van der Waals surface area (Å²) in [5.41, 5.74) is 1.71. The number of imidazole rings is 1. The molecule has 1 amide bonds. The Morgan fingerprint density at radius 3 is 2.95 bits per heavy atom. The Bertz CT molecular complexity index is 522. The van der Waals surface area contributed by atoms with Gasteiger partial charge in [-0.05, 0) is 18.7 Å². The number of carbonyl (C=O) groups is 1. The lowest BCUT2D eigenvalue weighted by molar-refractivity contribution is -0.116. The maximum absolute atomic E-state index is 11.8. The largest absolute Gasteiger partial charge is 0.324 e. The number of rotatable bonds is 6. The second-order valence-electron chi connectivity index (χ2n) is 4.14. The molecule has 0 saturated heterocycles. The molecule has 19 heavy (non-hydrogen) atoms. The highest BCUT2D eigenvalue weighted by Crippen LogP contribution is 2.19. The zero-order valence-electron chi connectivity index (χ0n) is 11.0. The van der Waals surface area contributed by atoms with E-state index < -0.39 is 0 Å². The maximum Gasteiger partial charge on any atom is 0.225 e. The van der Waals surface area contributed by atoms with Crippen LogP contribution in [0, 0.1) is 0 Å². The summed E-state index contributed by atoms with van der Waals surface area (Å²) in [6.07, 6.45) is 5.74. The molecule has 1 aromatic heterocycles. The monoisotopic (exact) mass is 258 g/mol. The van der Waals surface area contributed by atoms with Gasteiger partial charge < -0.3 is 15.2 Å². The van der Waals surface area contributed by atoms with Crippen LogP contribution in [0.25, 0.3) is 5.69 Å². The lowest BCUT2D eigenvalue weighted by atomic mass is 10.2. The fourth-order valence-electron chi connectivity index (χ4n) is 1.80. The van der Waals surface area contributed by atoms with Crippen LogP contribution >= 0.6 is 0 Å². The van der Waals surface area contributed by atoms with Crippen LogP contribution in [0.4, 0.5) is 5.69 Å². The van der Waals surface area contributed by atoms with Crippen LogP contribution in [0.5, 0.6) is 0 Å². The number of nitrogens with one attached hydrogen (secondary N) is 2. The molecule has 0 saturated carbocycles. The Kier molecular flexibility index (Phi) is 4.69. The molecule has 5 nitrogen and oxygen atoms in total. The number of hydrogen-bond donors (Lipinski definition) is 2. The van der Waals surface area contributed by atoms with Crippen molar-refractivity contribution in [3.8, 4) is 5.69 Å². The molecule has 0 aliphatic heterocycles. The standard InChI is InChI=1S/C14H18N4O/c1-2-15-8-7-14(19)17-12-5-3-4-6-13(12)18-10-9-16-11-18/h3-6,9-11,15H,2,7-8H2,1H3,(H,17,19). The molecule has 0 fully saturated rings. The molecular formula is C14H18N4O. The second kappa shape index (κ2) is 6.70. The summed E-state index contributed by atoms with van der Waals surface area (Å²) < 4.78 is 1.87. The summed E-state index contributed by atoms with van der Waals surface area (Å²) in [5, 5.41) is 6.06. The minimum Gasteiger partial charge on any atom is -0.324 e. The van der Waals surface area contributed by atoms with Gasteiger partial charge in [-0.2, -0.15) is 0 Å². The third-order valence-corrected chi connectivity index (χ3v) is 2.74. The van der Waals surface area contributed by atoms with Crippen molar-refractivity contribution in [1.29, 1.82) is 0 Å². The second-order valence-corrected chi connectivity index (χ2v) is 4.14. The lowest BCUT2D eigenvalue weighted by Crippen LogP contribution is -2.21. The van der Waals surface area contributed by atoms with E-state index in [1.807, 2.05) is 42.0 Å². The number of hydrogen-bond acceptors (Lipinski definition) is 3. The van der Waals surface area contributed by atoms with Gasteiger partial charge in [0.05, 0.1) is 17.7 Å². The summed E-state index contributed by atoms with van der Waals surface area (Å²) in [6, 6.07) is 7.67. The van der Waals surface area contributed by atoms with Crippen molar-refractivity contribution in [2.75, 3.05) is 18.4 Å². The summed E-state index contributed by atoms with van der Waals surface area (Å²) in [5.74, 6) is 0.00788. The van der Waals surface area contributed by atoms with E-state index in [9.17, 15) is 4.79 Å². The molecule has 0 unspecified atom stereocenters. The molecule has 100 valence electrons. The topological polar surface area (TPSA) is 59.0 Å². The molecular weight excluding hydrogens is 240 g/mol. The average molecular weight is 258 g/mol. The van der Waals surface area contributed by atoms with Crippen LogP contribution in [0.2, 0.25) is 0 Å². The van der Waals surface area contributed by atoms with E-state index >= 15 is 0 Å². The van der Waals surface area contributed by atoms with E-state index in [-0.39, 0.29) is 5.91 Å². The Labute approximate surface area is 112 Å². The summed E-state index contributed by atoms with van der Waals surface area (Å²) >= 11 is 0. The van der Waals surface area contributed by atoms with Gasteiger partial charge in [-0.25, -0.2) is 4.98 Å². The zero-order valence-corrected chi connectivity index (χ0v) is 11.0. The quantitative estimate of drug-likeness (QED) is 0.777. The van der Waals surface area contributed by atoms with E-state index in [1.165, 1.54) is 0 Å². The first-order chi connectivity index (χ1) is 9.31. The molecule has 0 aliphatic carbocycles. The van der Waals surface area contributed by atoms with E-state index in [4.69, 9.17) is 0 Å². The van der Waals surface area contributed by atoms with Crippen molar-refractivity contribution in [3.63, 3.8) is 0 Å². The first kappa shape index (κ1) is 13.3. The van der Waals surface area contributed by atoms with E-state index in [0.717, 1.165) is 17.9 Å². The van der Waals surface area contributed by atoms with Crippen molar-refractivity contribution < 1.29 is 4.79 Å². The number of nitrogens with zero attached hydrogens (tertiary/aromatic N) is 2. The van der Waals surface area contributed by atoms with Crippen LogP contribution in [-0.2, 0) is 4.79 Å². The lowest BCUT2D eigenvalue weighted by Gasteiger charge is -2.11. The Balaban J connectivity index is 2.06. The van der Waals surface area contributed by atoms with Gasteiger partial charge in [0.1, 0.15) is 0 Å². The zero-order chi connectivity index (χ0) is 13.5. The van der Waals surface area contributed by atoms with Gasteiger partial charge in [-0.3, -0.25) is 4.79 Å². The molecule has 1 aromatic carbocycles. The summed E-state index contributed by atoms with van der Waals surface area (Å²) in [6.45, 7) is 3.58. The molecule has 1 heterocycles. The van der Waals surface area contributed by atoms with Gasteiger partial charge in [0.25, 0.3) is 0 Å². The fourth-order valence-corrected chi connectivity index (χ4v) is 1.80. The van der Waals surface area contributed by atoms with Gasteiger partial charge >= 0.3 is 0 Å². The number of carbonyl (C=O) groups excluding carboxylic acids is 1. The van der Waals surface area contributed by atoms with Gasteiger partial charge in [0.2, 0.25) is 5.91 Å². The van der Waals surface area contributed by atoms with Crippen molar-refractivity contribution in [3.05, 3.63) is 43.0 Å². The third kappa shape index (κ3) is 3.66. The van der Waals surface area contributed by atoms with Crippen molar-refractivity contribution in [2.24, 2.45) is 0 Å². The number of anilines is 1. The average Bonchev–Trinajstić information content (AvgIpc) is 2.93. The SMILES string of the molecule is CCNCCC(=O)Nc1ccccc1-n1ccnc1. The fraction of sp³-hybridized carbons (Fsp3) is 0.286. The molecule has 5 heteroatoms. The van der Waals surface area contributed by atoms with Crippen molar-refractivity contribution in [2.45, 2.75) is 13.3 Å². The molecule has 2 aromatic rings. The predicted octanol–water partition coefficient (Wildman–Crippen LogP) is 1.81. The molecule has 0 bridgehead atoms.